The molecule has 2 aromatic carbocycles. The molecular weight excluding hydrogens is 389 g/mol. The molecule has 1 N–H and O–H groups in total. The van der Waals surface area contributed by atoms with E-state index in [2.05, 4.69) is 5.32 Å². The molecule has 148 valence electrons. The zero-order valence-electron chi connectivity index (χ0n) is 16.1. The van der Waals surface area contributed by atoms with Gasteiger partial charge in [-0.2, -0.15) is 0 Å². The molecular formula is C24H27Cl2NO. The van der Waals surface area contributed by atoms with Crippen molar-refractivity contribution < 1.29 is 4.74 Å². The summed E-state index contributed by atoms with van der Waals surface area (Å²) in [7, 11) is 0. The summed E-state index contributed by atoms with van der Waals surface area (Å²) in [6.07, 6.45) is 8.43. The van der Waals surface area contributed by atoms with Gasteiger partial charge >= 0.3 is 0 Å². The van der Waals surface area contributed by atoms with E-state index in [1.54, 1.807) is 0 Å². The highest BCUT2D eigenvalue weighted by Gasteiger charge is 2.50. The van der Waals surface area contributed by atoms with E-state index in [4.69, 9.17) is 27.9 Å². The van der Waals surface area contributed by atoms with E-state index < -0.39 is 0 Å². The molecule has 0 amide bonds. The monoisotopic (exact) mass is 415 g/mol. The molecule has 6 rings (SSSR count). The van der Waals surface area contributed by atoms with Gasteiger partial charge in [0.15, 0.2) is 0 Å². The third-order valence-corrected chi connectivity index (χ3v) is 7.47. The van der Waals surface area contributed by atoms with Crippen LogP contribution in [0, 0.1) is 17.8 Å². The maximum atomic E-state index is 6.31. The molecule has 0 spiro atoms. The number of halogens is 2. The van der Waals surface area contributed by atoms with Gasteiger partial charge in [0.2, 0.25) is 0 Å². The van der Waals surface area contributed by atoms with Crippen LogP contribution in [0.15, 0.2) is 42.5 Å². The Labute approximate surface area is 177 Å². The van der Waals surface area contributed by atoms with Gasteiger partial charge in [-0.05, 0) is 92.2 Å². The first-order valence-corrected chi connectivity index (χ1v) is 11.2. The van der Waals surface area contributed by atoms with Gasteiger partial charge < -0.3 is 10.1 Å². The first-order valence-electron chi connectivity index (χ1n) is 10.5. The molecule has 4 aliphatic rings. The fourth-order valence-corrected chi connectivity index (χ4v) is 6.63. The third kappa shape index (κ3) is 3.92. The standard InChI is InChI=1S/C24H27Cl2NO/c25-21-3-1-2-16(9-21)15-28-23-5-4-22(26)10-20(23)14-27-24-11-17-6-18(12-24)8-19(7-17)13-24/h1-5,9-10,17-19,27H,6-8,11-15H2. The summed E-state index contributed by atoms with van der Waals surface area (Å²) in [5.41, 5.74) is 2.55. The summed E-state index contributed by atoms with van der Waals surface area (Å²) < 4.78 is 6.15. The lowest BCUT2D eigenvalue weighted by Crippen LogP contribution is -2.58. The summed E-state index contributed by atoms with van der Waals surface area (Å²) in [6, 6.07) is 13.8. The van der Waals surface area contributed by atoms with Crippen LogP contribution in [0.25, 0.3) is 0 Å². The van der Waals surface area contributed by atoms with Gasteiger partial charge in [0.1, 0.15) is 12.4 Å². The lowest BCUT2D eigenvalue weighted by molar-refractivity contribution is -0.0206. The van der Waals surface area contributed by atoms with Gasteiger partial charge in [-0.3, -0.25) is 0 Å². The molecule has 28 heavy (non-hydrogen) atoms. The molecule has 0 unspecified atom stereocenters. The van der Waals surface area contributed by atoms with Crippen molar-refractivity contribution in [3.8, 4) is 5.75 Å². The fraction of sp³-hybridized carbons (Fsp3) is 0.500. The van der Waals surface area contributed by atoms with Crippen LogP contribution >= 0.6 is 23.2 Å². The first kappa shape index (κ1) is 18.8. The van der Waals surface area contributed by atoms with Gasteiger partial charge in [-0.15, -0.1) is 0 Å². The molecule has 4 heteroatoms. The highest BCUT2D eigenvalue weighted by atomic mass is 35.5. The average molecular weight is 416 g/mol. The van der Waals surface area contributed by atoms with E-state index in [1.807, 2.05) is 42.5 Å². The minimum absolute atomic E-state index is 0.335. The predicted octanol–water partition coefficient (Wildman–Crippen LogP) is 6.63. The van der Waals surface area contributed by atoms with Crippen LogP contribution in [0.5, 0.6) is 5.75 Å². The Hall–Kier alpha value is -1.22. The number of rotatable bonds is 6. The average Bonchev–Trinajstić information content (AvgIpc) is 2.65. The van der Waals surface area contributed by atoms with Crippen LogP contribution in [0.1, 0.15) is 49.7 Å². The molecule has 0 aliphatic heterocycles. The zero-order valence-corrected chi connectivity index (χ0v) is 17.6. The molecule has 4 fully saturated rings. The Morgan fingerprint density at radius 2 is 1.57 bits per heavy atom. The van der Waals surface area contributed by atoms with Crippen molar-refractivity contribution in [3.63, 3.8) is 0 Å². The van der Waals surface area contributed by atoms with Crippen LogP contribution in [0.3, 0.4) is 0 Å². The topological polar surface area (TPSA) is 21.3 Å². The predicted molar refractivity (Wildman–Crippen MR) is 115 cm³/mol. The number of benzene rings is 2. The SMILES string of the molecule is Clc1cccc(COc2ccc(Cl)cc2CNC23CC4CC(CC(C4)C2)C3)c1. The van der Waals surface area contributed by atoms with Crippen LogP contribution in [0.2, 0.25) is 10.0 Å². The van der Waals surface area contributed by atoms with E-state index in [1.165, 1.54) is 38.5 Å². The van der Waals surface area contributed by atoms with Crippen molar-refractivity contribution in [2.45, 2.75) is 57.2 Å². The molecule has 4 saturated carbocycles. The summed E-state index contributed by atoms with van der Waals surface area (Å²) in [4.78, 5) is 0. The summed E-state index contributed by atoms with van der Waals surface area (Å²) in [5.74, 6) is 3.73. The number of ether oxygens (including phenoxy) is 1. The first-order chi connectivity index (χ1) is 13.6. The maximum absolute atomic E-state index is 6.31. The van der Waals surface area contributed by atoms with Gasteiger partial charge in [-0.1, -0.05) is 35.3 Å². The molecule has 0 atom stereocenters. The Balaban J connectivity index is 1.29. The Morgan fingerprint density at radius 3 is 2.25 bits per heavy atom. The van der Waals surface area contributed by atoms with Gasteiger partial charge in [0.05, 0.1) is 0 Å². The second-order valence-corrected chi connectivity index (χ2v) is 10.1. The Kier molecular flexibility index (Phi) is 5.07. The maximum Gasteiger partial charge on any atom is 0.124 e. The van der Waals surface area contributed by atoms with Crippen LogP contribution in [-0.2, 0) is 13.2 Å². The van der Waals surface area contributed by atoms with Gasteiger partial charge in [-0.25, -0.2) is 0 Å². The molecule has 0 heterocycles. The zero-order chi connectivity index (χ0) is 19.1. The van der Waals surface area contributed by atoms with E-state index >= 15 is 0 Å². The van der Waals surface area contributed by atoms with E-state index in [0.29, 0.717) is 12.1 Å². The molecule has 4 aliphatic carbocycles. The number of nitrogens with one attached hydrogen (secondary N) is 1. The molecule has 0 aromatic heterocycles. The largest absolute Gasteiger partial charge is 0.489 e. The Morgan fingerprint density at radius 1 is 0.893 bits per heavy atom. The van der Waals surface area contributed by atoms with Crippen molar-refractivity contribution in [3.05, 3.63) is 63.6 Å². The Bertz CT molecular complexity index is 830. The van der Waals surface area contributed by atoms with Crippen LogP contribution in [0.4, 0.5) is 0 Å². The normalized spacial score (nSPS) is 30.6. The van der Waals surface area contributed by atoms with Crippen molar-refractivity contribution >= 4 is 23.2 Å². The van der Waals surface area contributed by atoms with Gasteiger partial charge in [0, 0.05) is 27.7 Å². The van der Waals surface area contributed by atoms with Crippen molar-refractivity contribution in [1.29, 1.82) is 0 Å². The van der Waals surface area contributed by atoms with Crippen molar-refractivity contribution in [2.75, 3.05) is 0 Å². The number of hydrogen-bond acceptors (Lipinski definition) is 2. The molecule has 2 nitrogen and oxygen atoms in total. The second-order valence-electron chi connectivity index (χ2n) is 9.22. The highest BCUT2D eigenvalue weighted by Crippen LogP contribution is 2.55. The minimum atomic E-state index is 0.335. The second kappa shape index (κ2) is 7.55. The van der Waals surface area contributed by atoms with Crippen molar-refractivity contribution in [2.24, 2.45) is 17.8 Å². The number of hydrogen-bond donors (Lipinski definition) is 1. The van der Waals surface area contributed by atoms with E-state index in [0.717, 1.165) is 51.2 Å². The fourth-order valence-electron chi connectivity index (χ4n) is 6.22. The van der Waals surface area contributed by atoms with E-state index in [9.17, 15) is 0 Å². The smallest absolute Gasteiger partial charge is 0.124 e. The van der Waals surface area contributed by atoms with E-state index in [-0.39, 0.29) is 0 Å². The summed E-state index contributed by atoms with van der Waals surface area (Å²) >= 11 is 12.4. The van der Waals surface area contributed by atoms with Crippen LogP contribution < -0.4 is 10.1 Å². The minimum Gasteiger partial charge on any atom is -0.489 e. The molecule has 0 radical (unpaired) electrons. The van der Waals surface area contributed by atoms with Crippen molar-refractivity contribution in [1.82, 2.24) is 5.32 Å². The molecule has 0 saturated heterocycles. The highest BCUT2D eigenvalue weighted by molar-refractivity contribution is 6.30. The lowest BCUT2D eigenvalue weighted by Gasteiger charge is -2.57. The van der Waals surface area contributed by atoms with Gasteiger partial charge in [0.25, 0.3) is 0 Å². The third-order valence-electron chi connectivity index (χ3n) is 7.00. The molecule has 4 bridgehead atoms. The quantitative estimate of drug-likeness (QED) is 0.571. The lowest BCUT2D eigenvalue weighted by atomic mass is 9.53. The van der Waals surface area contributed by atoms with Crippen LogP contribution in [-0.4, -0.2) is 5.54 Å². The summed E-state index contributed by atoms with van der Waals surface area (Å²) in [6.45, 7) is 1.32. The molecule has 2 aromatic rings. The summed E-state index contributed by atoms with van der Waals surface area (Å²) in [5, 5.41) is 5.46.